The fraction of sp³-hybridized carbons (Fsp3) is 0.429. The van der Waals surface area contributed by atoms with Crippen LogP contribution in [0.3, 0.4) is 0 Å². The highest BCUT2D eigenvalue weighted by Gasteiger charge is 2.32. The second-order valence-electron chi connectivity index (χ2n) is 10.0. The minimum Gasteiger partial charge on any atom is -0.350 e. The van der Waals surface area contributed by atoms with E-state index in [0.717, 1.165) is 23.8 Å². The van der Waals surface area contributed by atoms with Gasteiger partial charge in [0.1, 0.15) is 0 Å². The fourth-order valence-corrected chi connectivity index (χ4v) is 4.91. The molecule has 0 aliphatic carbocycles. The van der Waals surface area contributed by atoms with Crippen molar-refractivity contribution in [1.82, 2.24) is 25.3 Å². The van der Waals surface area contributed by atoms with Gasteiger partial charge in [-0.25, -0.2) is 0 Å². The van der Waals surface area contributed by atoms with E-state index in [0.29, 0.717) is 51.3 Å². The number of carbonyl (C=O) groups is 4. The van der Waals surface area contributed by atoms with Gasteiger partial charge in [-0.15, -0.1) is 0 Å². The first kappa shape index (κ1) is 29.1. The van der Waals surface area contributed by atoms with E-state index in [2.05, 4.69) is 10.6 Å². The third-order valence-corrected chi connectivity index (χ3v) is 7.15. The molecule has 1 atom stereocenters. The normalized spacial score (nSPS) is 17.9. The van der Waals surface area contributed by atoms with E-state index in [1.54, 1.807) is 9.80 Å². The number of nitrogens with zero attached hydrogens (tertiary/aromatic N) is 3. The molecule has 4 amide bonds. The molecule has 0 bridgehead atoms. The molecular formula is C28H32F3N5O4. The Morgan fingerprint density at radius 2 is 1.62 bits per heavy atom. The third kappa shape index (κ3) is 7.38. The molecule has 2 N–H and O–H groups in total. The van der Waals surface area contributed by atoms with Gasteiger partial charge in [-0.3, -0.25) is 24.1 Å². The number of piperazine rings is 1. The Balaban J connectivity index is 1.17. The predicted octanol–water partition coefficient (Wildman–Crippen LogP) is 1.92. The van der Waals surface area contributed by atoms with Crippen molar-refractivity contribution in [2.75, 3.05) is 52.4 Å². The molecule has 2 fully saturated rings. The SMILES string of the molecule is Cc1ccccc1C(=O)N1CCN(C(=O)CN2CC[C@@H](NC(=O)CNC(=O)c3cccc(C(F)(F)F)c3)C2)CC1. The molecule has 9 nitrogen and oxygen atoms in total. The second kappa shape index (κ2) is 12.5. The van der Waals surface area contributed by atoms with Crippen molar-refractivity contribution < 1.29 is 32.3 Å². The molecule has 0 spiro atoms. The smallest absolute Gasteiger partial charge is 0.350 e. The lowest BCUT2D eigenvalue weighted by molar-refractivity contribution is -0.137. The van der Waals surface area contributed by atoms with Crippen LogP contribution in [-0.4, -0.2) is 96.7 Å². The van der Waals surface area contributed by atoms with Crippen molar-refractivity contribution in [3.63, 3.8) is 0 Å². The number of aryl methyl sites for hydroxylation is 1. The van der Waals surface area contributed by atoms with Gasteiger partial charge in [0.15, 0.2) is 0 Å². The first-order valence-electron chi connectivity index (χ1n) is 13.1. The molecule has 2 heterocycles. The summed E-state index contributed by atoms with van der Waals surface area (Å²) >= 11 is 0. The Kier molecular flexibility index (Phi) is 9.08. The molecular weight excluding hydrogens is 527 g/mol. The van der Waals surface area contributed by atoms with Crippen molar-refractivity contribution in [3.8, 4) is 0 Å². The number of halogens is 3. The quantitative estimate of drug-likeness (QED) is 0.540. The van der Waals surface area contributed by atoms with Crippen molar-refractivity contribution in [2.24, 2.45) is 0 Å². The predicted molar refractivity (Wildman–Crippen MR) is 140 cm³/mol. The van der Waals surface area contributed by atoms with Crippen molar-refractivity contribution >= 4 is 23.6 Å². The summed E-state index contributed by atoms with van der Waals surface area (Å²) in [4.78, 5) is 55.7. The summed E-state index contributed by atoms with van der Waals surface area (Å²) < 4.78 is 38.6. The summed E-state index contributed by atoms with van der Waals surface area (Å²) in [5.74, 6) is -1.31. The topological polar surface area (TPSA) is 102 Å². The third-order valence-electron chi connectivity index (χ3n) is 7.15. The van der Waals surface area contributed by atoms with Gasteiger partial charge < -0.3 is 20.4 Å². The summed E-state index contributed by atoms with van der Waals surface area (Å²) in [6.07, 6.45) is -3.95. The molecule has 2 aromatic rings. The molecule has 40 heavy (non-hydrogen) atoms. The van der Waals surface area contributed by atoms with Crippen LogP contribution in [0.1, 0.15) is 38.3 Å². The number of alkyl halides is 3. The maximum Gasteiger partial charge on any atom is 0.416 e. The zero-order valence-corrected chi connectivity index (χ0v) is 22.2. The Morgan fingerprint density at radius 3 is 2.33 bits per heavy atom. The average molecular weight is 560 g/mol. The summed E-state index contributed by atoms with van der Waals surface area (Å²) in [7, 11) is 0. The van der Waals surface area contributed by atoms with E-state index < -0.39 is 23.6 Å². The van der Waals surface area contributed by atoms with E-state index in [1.165, 1.54) is 6.07 Å². The largest absolute Gasteiger partial charge is 0.416 e. The van der Waals surface area contributed by atoms with Gasteiger partial charge in [-0.05, 0) is 43.2 Å². The fourth-order valence-electron chi connectivity index (χ4n) is 4.91. The number of hydrogen-bond donors (Lipinski definition) is 2. The average Bonchev–Trinajstić information content (AvgIpc) is 3.37. The molecule has 0 aromatic heterocycles. The van der Waals surface area contributed by atoms with E-state index in [4.69, 9.17) is 0 Å². The van der Waals surface area contributed by atoms with Crippen molar-refractivity contribution in [3.05, 3.63) is 70.8 Å². The summed E-state index contributed by atoms with van der Waals surface area (Å²) in [6, 6.07) is 11.2. The standard InChI is InChI=1S/C28H32F3N5O4/c1-19-5-2-3-8-23(19)27(40)36-13-11-35(12-14-36)25(38)18-34-10-9-22(17-34)33-24(37)16-32-26(39)20-6-4-7-21(15-20)28(29,30)31/h2-8,15,22H,9-14,16-18H2,1H3,(H,32,39)(H,33,37)/t22-/m1/s1. The van der Waals surface area contributed by atoms with Crippen molar-refractivity contribution in [2.45, 2.75) is 25.6 Å². The Hall–Kier alpha value is -3.93. The maximum absolute atomic E-state index is 12.9. The molecule has 4 rings (SSSR count). The Morgan fingerprint density at radius 1 is 0.925 bits per heavy atom. The van der Waals surface area contributed by atoms with E-state index in [9.17, 15) is 32.3 Å². The van der Waals surface area contributed by atoms with Crippen LogP contribution in [0.15, 0.2) is 48.5 Å². The molecule has 12 heteroatoms. The molecule has 2 aromatic carbocycles. The minimum absolute atomic E-state index is 0.0330. The summed E-state index contributed by atoms with van der Waals surface area (Å²) in [5.41, 5.74) is 0.457. The number of nitrogens with one attached hydrogen (secondary N) is 2. The van der Waals surface area contributed by atoms with Crippen LogP contribution < -0.4 is 10.6 Å². The maximum atomic E-state index is 12.9. The van der Waals surface area contributed by atoms with Crippen LogP contribution in [0, 0.1) is 6.92 Å². The van der Waals surface area contributed by atoms with Crippen LogP contribution in [0.25, 0.3) is 0 Å². The van der Waals surface area contributed by atoms with Crippen molar-refractivity contribution in [1.29, 1.82) is 0 Å². The van der Waals surface area contributed by atoms with Gasteiger partial charge in [-0.1, -0.05) is 24.3 Å². The van der Waals surface area contributed by atoms with Crippen LogP contribution in [-0.2, 0) is 15.8 Å². The lowest BCUT2D eigenvalue weighted by Gasteiger charge is -2.35. The lowest BCUT2D eigenvalue weighted by atomic mass is 10.1. The van der Waals surface area contributed by atoms with Gasteiger partial charge in [0.2, 0.25) is 11.8 Å². The van der Waals surface area contributed by atoms with E-state index in [1.807, 2.05) is 36.1 Å². The Bertz CT molecular complexity index is 1260. The van der Waals surface area contributed by atoms with Gasteiger partial charge in [0, 0.05) is 56.4 Å². The van der Waals surface area contributed by atoms with E-state index in [-0.39, 0.29) is 36.5 Å². The first-order chi connectivity index (χ1) is 19.0. The van der Waals surface area contributed by atoms with Gasteiger partial charge in [0.05, 0.1) is 18.7 Å². The first-order valence-corrected chi connectivity index (χ1v) is 13.1. The monoisotopic (exact) mass is 559 g/mol. The van der Waals surface area contributed by atoms with Crippen LogP contribution in [0.4, 0.5) is 13.2 Å². The summed E-state index contributed by atoms with van der Waals surface area (Å²) in [5, 5.41) is 5.14. The molecule has 0 radical (unpaired) electrons. The Labute approximate surface area is 230 Å². The highest BCUT2D eigenvalue weighted by atomic mass is 19.4. The number of amides is 4. The number of hydrogen-bond acceptors (Lipinski definition) is 5. The number of carbonyl (C=O) groups excluding carboxylic acids is 4. The zero-order valence-electron chi connectivity index (χ0n) is 22.2. The van der Waals surface area contributed by atoms with E-state index >= 15 is 0 Å². The summed E-state index contributed by atoms with van der Waals surface area (Å²) in [6.45, 7) is 4.62. The number of rotatable bonds is 7. The molecule has 2 saturated heterocycles. The number of benzene rings is 2. The molecule has 2 aliphatic rings. The second-order valence-corrected chi connectivity index (χ2v) is 10.0. The lowest BCUT2D eigenvalue weighted by Crippen LogP contribution is -2.52. The van der Waals surface area contributed by atoms with Gasteiger partial charge in [0.25, 0.3) is 11.8 Å². The molecule has 214 valence electrons. The number of likely N-dealkylation sites (tertiary alicyclic amines) is 1. The van der Waals surface area contributed by atoms with Gasteiger partial charge >= 0.3 is 6.18 Å². The molecule has 0 saturated carbocycles. The highest BCUT2D eigenvalue weighted by molar-refractivity contribution is 5.97. The van der Waals surface area contributed by atoms with Crippen LogP contribution in [0.2, 0.25) is 0 Å². The molecule has 2 aliphatic heterocycles. The minimum atomic E-state index is -4.57. The van der Waals surface area contributed by atoms with Gasteiger partial charge in [-0.2, -0.15) is 13.2 Å². The van der Waals surface area contributed by atoms with Crippen LogP contribution in [0.5, 0.6) is 0 Å². The highest BCUT2D eigenvalue weighted by Crippen LogP contribution is 2.29. The van der Waals surface area contributed by atoms with Crippen LogP contribution >= 0.6 is 0 Å². The zero-order chi connectivity index (χ0) is 28.9. The molecule has 0 unspecified atom stereocenters.